The van der Waals surface area contributed by atoms with Crippen LogP contribution in [-0.2, 0) is 0 Å². The lowest BCUT2D eigenvalue weighted by Gasteiger charge is -2.32. The first kappa shape index (κ1) is 16.7. The summed E-state index contributed by atoms with van der Waals surface area (Å²) in [4.78, 5) is 14.8. The van der Waals surface area contributed by atoms with Gasteiger partial charge in [0.1, 0.15) is 17.4 Å². The number of nitrogens with one attached hydrogen (secondary N) is 1. The van der Waals surface area contributed by atoms with Crippen LogP contribution in [0, 0.1) is 5.92 Å². The lowest BCUT2D eigenvalue weighted by Crippen LogP contribution is -2.46. The van der Waals surface area contributed by atoms with E-state index in [1.165, 1.54) is 6.42 Å². The van der Waals surface area contributed by atoms with Gasteiger partial charge in [-0.1, -0.05) is 55.5 Å². The van der Waals surface area contributed by atoms with E-state index in [-0.39, 0.29) is 12.1 Å². The molecule has 1 fully saturated rings. The van der Waals surface area contributed by atoms with Crippen molar-refractivity contribution in [2.45, 2.75) is 25.8 Å². The number of likely N-dealkylation sites (tertiary alicyclic amines) is 1. The third-order valence-electron chi connectivity index (χ3n) is 5.07. The van der Waals surface area contributed by atoms with E-state index in [0.29, 0.717) is 5.92 Å². The average Bonchev–Trinajstić information content (AvgIpc) is 3.10. The van der Waals surface area contributed by atoms with Crippen LogP contribution >= 0.6 is 0 Å². The molecule has 3 aromatic rings. The molecule has 2 atom stereocenters. The Labute approximate surface area is 153 Å². The first-order valence-electron chi connectivity index (χ1n) is 9.29. The maximum Gasteiger partial charge on any atom is 0.318 e. The summed E-state index contributed by atoms with van der Waals surface area (Å²) in [7, 11) is 0. The Morgan fingerprint density at radius 2 is 1.92 bits per heavy atom. The zero-order valence-electron chi connectivity index (χ0n) is 15.0. The normalized spacial score (nSPS) is 18.7. The number of amides is 2. The molecule has 0 spiro atoms. The minimum absolute atomic E-state index is 0.0224. The number of hydrogen-bond acceptors (Lipinski definition) is 2. The number of hydrogen-bond donors (Lipinski definition) is 1. The van der Waals surface area contributed by atoms with Gasteiger partial charge in [-0.05, 0) is 36.5 Å². The monoisotopic (exact) mass is 348 g/mol. The molecule has 1 N–H and O–H groups in total. The van der Waals surface area contributed by atoms with Crippen LogP contribution in [0.1, 0.15) is 37.1 Å². The number of para-hydroxylation sites is 1. The van der Waals surface area contributed by atoms with Gasteiger partial charge in [-0.3, -0.25) is 0 Å². The largest absolute Gasteiger partial charge is 0.459 e. The summed E-state index contributed by atoms with van der Waals surface area (Å²) >= 11 is 0. The van der Waals surface area contributed by atoms with Crippen molar-refractivity contribution in [2.24, 2.45) is 5.92 Å². The zero-order valence-corrected chi connectivity index (χ0v) is 15.0. The molecular formula is C22H24N2O2. The zero-order chi connectivity index (χ0) is 17.9. The summed E-state index contributed by atoms with van der Waals surface area (Å²) < 4.78 is 6.06. The van der Waals surface area contributed by atoms with Crippen LogP contribution in [0.5, 0.6) is 0 Å². The highest BCUT2D eigenvalue weighted by Gasteiger charge is 2.26. The van der Waals surface area contributed by atoms with Crippen LogP contribution in [0.25, 0.3) is 11.0 Å². The fraction of sp³-hybridized carbons (Fsp3) is 0.318. The number of furan rings is 1. The molecule has 2 heterocycles. The molecule has 4 rings (SSSR count). The number of urea groups is 1. The fourth-order valence-corrected chi connectivity index (χ4v) is 3.70. The van der Waals surface area contributed by atoms with Crippen LogP contribution in [0.15, 0.2) is 65.1 Å². The Morgan fingerprint density at radius 3 is 2.69 bits per heavy atom. The molecule has 0 aliphatic carbocycles. The van der Waals surface area contributed by atoms with E-state index < -0.39 is 0 Å². The number of carbonyl (C=O) groups is 1. The standard InChI is InChI=1S/C22H24N2O2/c1-16-8-7-13-24(15-16)22(25)23-21(17-9-3-2-4-10-17)20-14-18-11-5-6-12-19(18)26-20/h2-6,9-12,14,16,21H,7-8,13,15H2,1H3,(H,23,25)/t16-,21-/m1/s1. The van der Waals surface area contributed by atoms with Gasteiger partial charge in [0.25, 0.3) is 0 Å². The molecule has 0 radical (unpaired) electrons. The molecule has 1 aliphatic heterocycles. The van der Waals surface area contributed by atoms with Gasteiger partial charge < -0.3 is 14.6 Å². The van der Waals surface area contributed by atoms with Gasteiger partial charge in [-0.2, -0.15) is 0 Å². The maximum absolute atomic E-state index is 12.9. The number of nitrogens with zero attached hydrogens (tertiary/aromatic N) is 1. The predicted octanol–water partition coefficient (Wildman–Crippen LogP) is 4.96. The highest BCUT2D eigenvalue weighted by Crippen LogP contribution is 2.29. The SMILES string of the molecule is C[C@@H]1CCCN(C(=O)N[C@H](c2ccccc2)c2cc3ccccc3o2)C1. The summed E-state index contributed by atoms with van der Waals surface area (Å²) in [5.74, 6) is 1.31. The van der Waals surface area contributed by atoms with E-state index in [2.05, 4.69) is 12.2 Å². The van der Waals surface area contributed by atoms with Crippen LogP contribution in [0.4, 0.5) is 4.79 Å². The van der Waals surface area contributed by atoms with Crippen molar-refractivity contribution in [3.8, 4) is 0 Å². The minimum Gasteiger partial charge on any atom is -0.459 e. The molecule has 0 unspecified atom stereocenters. The smallest absolute Gasteiger partial charge is 0.318 e. The Bertz CT molecular complexity index is 854. The van der Waals surface area contributed by atoms with Gasteiger partial charge in [0.05, 0.1) is 0 Å². The van der Waals surface area contributed by atoms with Crippen molar-refractivity contribution in [1.29, 1.82) is 0 Å². The molecule has 1 aromatic heterocycles. The second-order valence-electron chi connectivity index (χ2n) is 7.17. The predicted molar refractivity (Wildman–Crippen MR) is 103 cm³/mol. The lowest BCUT2D eigenvalue weighted by atomic mass is 10.0. The molecular weight excluding hydrogens is 324 g/mol. The first-order valence-corrected chi connectivity index (χ1v) is 9.29. The van der Waals surface area contributed by atoms with Gasteiger partial charge in [-0.25, -0.2) is 4.79 Å². The van der Waals surface area contributed by atoms with Gasteiger partial charge in [0.15, 0.2) is 0 Å². The topological polar surface area (TPSA) is 45.5 Å². The van der Waals surface area contributed by atoms with Crippen LogP contribution < -0.4 is 5.32 Å². The lowest BCUT2D eigenvalue weighted by molar-refractivity contribution is 0.167. The Kier molecular flexibility index (Phi) is 4.65. The van der Waals surface area contributed by atoms with Gasteiger partial charge in [-0.15, -0.1) is 0 Å². The number of carbonyl (C=O) groups excluding carboxylic acids is 1. The van der Waals surface area contributed by atoms with Gasteiger partial charge >= 0.3 is 6.03 Å². The van der Waals surface area contributed by atoms with E-state index in [1.54, 1.807) is 0 Å². The molecule has 4 nitrogen and oxygen atoms in total. The van der Waals surface area contributed by atoms with Crippen molar-refractivity contribution in [2.75, 3.05) is 13.1 Å². The van der Waals surface area contributed by atoms with E-state index in [1.807, 2.05) is 65.6 Å². The summed E-state index contributed by atoms with van der Waals surface area (Å²) in [6, 6.07) is 19.6. The van der Waals surface area contributed by atoms with Crippen LogP contribution in [-0.4, -0.2) is 24.0 Å². The molecule has 2 aromatic carbocycles. The Morgan fingerprint density at radius 1 is 1.15 bits per heavy atom. The average molecular weight is 348 g/mol. The maximum atomic E-state index is 12.9. The van der Waals surface area contributed by atoms with Crippen molar-refractivity contribution in [1.82, 2.24) is 10.2 Å². The summed E-state index contributed by atoms with van der Waals surface area (Å²) in [5.41, 5.74) is 1.86. The van der Waals surface area contributed by atoms with Crippen molar-refractivity contribution < 1.29 is 9.21 Å². The molecule has 26 heavy (non-hydrogen) atoms. The molecule has 0 bridgehead atoms. The summed E-state index contributed by atoms with van der Waals surface area (Å²) in [6.45, 7) is 3.83. The first-order chi connectivity index (χ1) is 12.7. The third kappa shape index (κ3) is 3.45. The quantitative estimate of drug-likeness (QED) is 0.727. The highest BCUT2D eigenvalue weighted by molar-refractivity contribution is 5.79. The van der Waals surface area contributed by atoms with E-state index in [4.69, 9.17) is 4.42 Å². The van der Waals surface area contributed by atoms with Crippen molar-refractivity contribution in [3.05, 3.63) is 72.0 Å². The number of benzene rings is 2. The molecule has 0 saturated carbocycles. The van der Waals surface area contributed by atoms with Crippen LogP contribution in [0.2, 0.25) is 0 Å². The molecule has 1 aliphatic rings. The third-order valence-corrected chi connectivity index (χ3v) is 5.07. The molecule has 4 heteroatoms. The Balaban J connectivity index is 1.64. The molecule has 2 amide bonds. The Hall–Kier alpha value is -2.75. The summed E-state index contributed by atoms with van der Waals surface area (Å²) in [6.07, 6.45) is 2.25. The highest BCUT2D eigenvalue weighted by atomic mass is 16.3. The molecule has 1 saturated heterocycles. The number of rotatable bonds is 3. The number of fused-ring (bicyclic) bond motifs is 1. The van der Waals surface area contributed by atoms with Crippen molar-refractivity contribution >= 4 is 17.0 Å². The van der Waals surface area contributed by atoms with Crippen LogP contribution in [0.3, 0.4) is 0 Å². The van der Waals surface area contributed by atoms with Crippen molar-refractivity contribution in [3.63, 3.8) is 0 Å². The van der Waals surface area contributed by atoms with Gasteiger partial charge in [0.2, 0.25) is 0 Å². The molecule has 134 valence electrons. The second kappa shape index (κ2) is 7.24. The van der Waals surface area contributed by atoms with E-state index in [0.717, 1.165) is 41.8 Å². The second-order valence-corrected chi connectivity index (χ2v) is 7.17. The van der Waals surface area contributed by atoms with Gasteiger partial charge in [0, 0.05) is 18.5 Å². The van der Waals surface area contributed by atoms with E-state index >= 15 is 0 Å². The number of piperidine rings is 1. The summed E-state index contributed by atoms with van der Waals surface area (Å²) in [5, 5.41) is 4.24. The van der Waals surface area contributed by atoms with E-state index in [9.17, 15) is 4.79 Å². The minimum atomic E-state index is -0.298. The fourth-order valence-electron chi connectivity index (χ4n) is 3.70.